The third kappa shape index (κ3) is 20.0. The molecule has 0 bridgehead atoms. The molecule has 8 nitrogen and oxygen atoms in total. The zero-order valence-electron chi connectivity index (χ0n) is 18.1. The molecule has 0 heterocycles. The first-order chi connectivity index (χ1) is 13.8. The summed E-state index contributed by atoms with van der Waals surface area (Å²) in [5, 5.41) is 0. The molecule has 10 heteroatoms. The standard InChI is InChI=1S/C20H34O8S2/c1-17(2)8-5-9-18(3)10-6-12-20(16-28-30(24,25)26)13-7-11-19(4)14-15-27-29(21,22)23/h8,10,13-14H,5-7,9,11-12,15-16H2,1-4H3,(H,21,22,23)(H,24,25,26)/b18-10+,19-14+,20-13+. The van der Waals surface area contributed by atoms with Crippen molar-refractivity contribution in [1.29, 1.82) is 0 Å². The fourth-order valence-electron chi connectivity index (χ4n) is 2.45. The summed E-state index contributed by atoms with van der Waals surface area (Å²) in [6.07, 6.45) is 12.1. The quantitative estimate of drug-likeness (QED) is 0.261. The van der Waals surface area contributed by atoms with Gasteiger partial charge in [-0.25, -0.2) is 8.37 Å². The van der Waals surface area contributed by atoms with E-state index >= 15 is 0 Å². The van der Waals surface area contributed by atoms with E-state index in [1.54, 1.807) is 6.92 Å². The van der Waals surface area contributed by atoms with Crippen LogP contribution in [0.2, 0.25) is 0 Å². The summed E-state index contributed by atoms with van der Waals surface area (Å²) in [7, 11) is -8.98. The molecule has 0 rings (SSSR count). The van der Waals surface area contributed by atoms with Crippen molar-refractivity contribution >= 4 is 20.8 Å². The van der Waals surface area contributed by atoms with E-state index in [0.29, 0.717) is 19.3 Å². The molecule has 30 heavy (non-hydrogen) atoms. The van der Waals surface area contributed by atoms with Gasteiger partial charge in [0.15, 0.2) is 0 Å². The maximum atomic E-state index is 10.9. The highest BCUT2D eigenvalue weighted by Gasteiger charge is 2.07. The molecule has 0 aromatic heterocycles. The molecule has 0 aromatic carbocycles. The number of allylic oxidation sites excluding steroid dienone is 6. The highest BCUT2D eigenvalue weighted by Crippen LogP contribution is 2.15. The summed E-state index contributed by atoms with van der Waals surface area (Å²) in [6, 6.07) is 0. The SMILES string of the molecule is CC(C)=CCC/C(C)=C/CC/C(=C\CC/C(C)=C/COS(=O)(=O)O)COS(=O)(=O)O. The average Bonchev–Trinajstić information content (AvgIpc) is 2.57. The molecule has 0 spiro atoms. The smallest absolute Gasteiger partial charge is 0.264 e. The second kappa shape index (κ2) is 14.7. The van der Waals surface area contributed by atoms with Gasteiger partial charge in [0, 0.05) is 0 Å². The van der Waals surface area contributed by atoms with Crippen molar-refractivity contribution in [1.82, 2.24) is 0 Å². The Morgan fingerprint density at radius 2 is 1.20 bits per heavy atom. The van der Waals surface area contributed by atoms with Gasteiger partial charge >= 0.3 is 20.8 Å². The summed E-state index contributed by atoms with van der Waals surface area (Å²) < 4.78 is 68.8. The second-order valence-electron chi connectivity index (χ2n) is 7.26. The van der Waals surface area contributed by atoms with Crippen LogP contribution >= 0.6 is 0 Å². The Bertz CT molecular complexity index is 843. The van der Waals surface area contributed by atoms with Crippen molar-refractivity contribution in [2.45, 2.75) is 66.2 Å². The van der Waals surface area contributed by atoms with Gasteiger partial charge in [0.05, 0.1) is 13.2 Å². The maximum Gasteiger partial charge on any atom is 0.397 e. The Kier molecular flexibility index (Phi) is 14.0. The summed E-state index contributed by atoms with van der Waals surface area (Å²) in [5.74, 6) is 0. The molecule has 0 aromatic rings. The van der Waals surface area contributed by atoms with Gasteiger partial charge in [-0.1, -0.05) is 41.0 Å². The van der Waals surface area contributed by atoms with Crippen LogP contribution in [0.3, 0.4) is 0 Å². The third-order valence-corrected chi connectivity index (χ3v) is 4.91. The van der Waals surface area contributed by atoms with Crippen molar-refractivity contribution in [3.05, 3.63) is 46.6 Å². The normalized spacial score (nSPS) is 14.1. The van der Waals surface area contributed by atoms with E-state index in [4.69, 9.17) is 9.11 Å². The van der Waals surface area contributed by atoms with Crippen molar-refractivity contribution < 1.29 is 34.3 Å². The van der Waals surface area contributed by atoms with Crippen LogP contribution in [0.4, 0.5) is 0 Å². The number of hydrogen-bond donors (Lipinski definition) is 2. The van der Waals surface area contributed by atoms with Crippen molar-refractivity contribution in [3.63, 3.8) is 0 Å². The predicted molar refractivity (Wildman–Crippen MR) is 118 cm³/mol. The largest absolute Gasteiger partial charge is 0.397 e. The molecule has 0 fully saturated rings. The summed E-state index contributed by atoms with van der Waals surface area (Å²) in [5.41, 5.74) is 4.12. The van der Waals surface area contributed by atoms with Gasteiger partial charge in [-0.15, -0.1) is 0 Å². The summed E-state index contributed by atoms with van der Waals surface area (Å²) >= 11 is 0. The van der Waals surface area contributed by atoms with E-state index in [-0.39, 0.29) is 13.2 Å². The first-order valence-electron chi connectivity index (χ1n) is 9.64. The number of hydrogen-bond acceptors (Lipinski definition) is 6. The van der Waals surface area contributed by atoms with Crippen LogP contribution in [-0.4, -0.2) is 39.2 Å². The van der Waals surface area contributed by atoms with E-state index < -0.39 is 20.8 Å². The van der Waals surface area contributed by atoms with Crippen LogP contribution in [0.25, 0.3) is 0 Å². The van der Waals surface area contributed by atoms with E-state index in [1.165, 1.54) is 17.2 Å². The van der Waals surface area contributed by atoms with Crippen LogP contribution in [0, 0.1) is 0 Å². The zero-order chi connectivity index (χ0) is 23.2. The lowest BCUT2D eigenvalue weighted by molar-refractivity contribution is 0.287. The van der Waals surface area contributed by atoms with E-state index in [2.05, 4.69) is 41.3 Å². The van der Waals surface area contributed by atoms with Crippen molar-refractivity contribution in [2.75, 3.05) is 13.2 Å². The molecule has 2 N–H and O–H groups in total. The molecule has 0 saturated heterocycles. The fraction of sp³-hybridized carbons (Fsp3) is 0.600. The molecule has 174 valence electrons. The molecule has 0 saturated carbocycles. The lowest BCUT2D eigenvalue weighted by Crippen LogP contribution is -2.07. The van der Waals surface area contributed by atoms with Gasteiger partial charge in [0.2, 0.25) is 0 Å². The van der Waals surface area contributed by atoms with Crippen LogP contribution in [0.5, 0.6) is 0 Å². The molecule has 0 atom stereocenters. The average molecular weight is 467 g/mol. The van der Waals surface area contributed by atoms with Gasteiger partial charge in [-0.05, 0) is 71.8 Å². The highest BCUT2D eigenvalue weighted by atomic mass is 32.3. The maximum absolute atomic E-state index is 10.9. The summed E-state index contributed by atoms with van der Waals surface area (Å²) in [6.45, 7) is 7.48. The van der Waals surface area contributed by atoms with Crippen molar-refractivity contribution in [3.8, 4) is 0 Å². The first-order valence-corrected chi connectivity index (χ1v) is 12.4. The topological polar surface area (TPSA) is 127 Å². The third-order valence-electron chi connectivity index (χ3n) is 4.06. The van der Waals surface area contributed by atoms with Gasteiger partial charge in [0.1, 0.15) is 0 Å². The van der Waals surface area contributed by atoms with Crippen molar-refractivity contribution in [2.24, 2.45) is 0 Å². The lowest BCUT2D eigenvalue weighted by atomic mass is 10.0. The minimum Gasteiger partial charge on any atom is -0.264 e. The Morgan fingerprint density at radius 3 is 1.73 bits per heavy atom. The van der Waals surface area contributed by atoms with Gasteiger partial charge in [-0.3, -0.25) is 9.11 Å². The minimum absolute atomic E-state index is 0.224. The molecule has 0 radical (unpaired) electrons. The van der Waals surface area contributed by atoms with Gasteiger partial charge < -0.3 is 0 Å². The number of rotatable bonds is 15. The fourth-order valence-corrected chi connectivity index (χ4v) is 2.99. The minimum atomic E-state index is -4.52. The summed E-state index contributed by atoms with van der Waals surface area (Å²) in [4.78, 5) is 0. The Morgan fingerprint density at radius 1 is 0.700 bits per heavy atom. The molecule has 0 amide bonds. The molecule has 0 aliphatic rings. The molecule has 0 aliphatic carbocycles. The molecule has 0 unspecified atom stereocenters. The van der Waals surface area contributed by atoms with E-state index in [1.807, 2.05) is 6.08 Å². The lowest BCUT2D eigenvalue weighted by Gasteiger charge is -2.07. The second-order valence-corrected chi connectivity index (χ2v) is 9.45. The zero-order valence-corrected chi connectivity index (χ0v) is 19.8. The van der Waals surface area contributed by atoms with Gasteiger partial charge in [0.25, 0.3) is 0 Å². The van der Waals surface area contributed by atoms with Crippen LogP contribution in [-0.2, 0) is 29.2 Å². The van der Waals surface area contributed by atoms with E-state index in [0.717, 1.165) is 30.4 Å². The monoisotopic (exact) mass is 466 g/mol. The Balaban J connectivity index is 4.75. The van der Waals surface area contributed by atoms with Crippen LogP contribution < -0.4 is 0 Å². The molecular formula is C20H34O8S2. The Hall–Kier alpha value is -1.30. The highest BCUT2D eigenvalue weighted by molar-refractivity contribution is 7.81. The molecular weight excluding hydrogens is 432 g/mol. The van der Waals surface area contributed by atoms with Crippen LogP contribution in [0.1, 0.15) is 66.2 Å². The van der Waals surface area contributed by atoms with Crippen LogP contribution in [0.15, 0.2) is 46.6 Å². The van der Waals surface area contributed by atoms with Gasteiger partial charge in [-0.2, -0.15) is 16.8 Å². The Labute approximate surface area is 181 Å². The predicted octanol–water partition coefficient (Wildman–Crippen LogP) is 4.75. The first kappa shape index (κ1) is 28.7. The van der Waals surface area contributed by atoms with E-state index in [9.17, 15) is 16.8 Å². The molecule has 0 aliphatic heterocycles.